The molecule has 0 saturated carbocycles. The van der Waals surface area contributed by atoms with E-state index in [1.807, 2.05) is 0 Å². The van der Waals surface area contributed by atoms with Crippen molar-refractivity contribution in [3.63, 3.8) is 0 Å². The van der Waals surface area contributed by atoms with Gasteiger partial charge in [-0.25, -0.2) is 8.42 Å². The number of nitrogens with two attached hydrogens (primary N) is 1. The molecule has 0 aliphatic heterocycles. The molecule has 1 rings (SSSR count). The van der Waals surface area contributed by atoms with Crippen molar-refractivity contribution >= 4 is 27.2 Å². The third-order valence-electron chi connectivity index (χ3n) is 2.51. The van der Waals surface area contributed by atoms with Gasteiger partial charge in [0.25, 0.3) is 0 Å². The number of hydrogen-bond acceptors (Lipinski definition) is 4. The molecule has 1 aromatic rings. The lowest BCUT2D eigenvalue weighted by Gasteiger charge is -2.25. The predicted octanol–water partition coefficient (Wildman–Crippen LogP) is 0.712. The molecule has 0 aliphatic rings. The van der Waals surface area contributed by atoms with E-state index in [0.717, 1.165) is 0 Å². The van der Waals surface area contributed by atoms with Crippen LogP contribution in [-0.4, -0.2) is 40.5 Å². The van der Waals surface area contributed by atoms with Gasteiger partial charge in [0.15, 0.2) is 0 Å². The summed E-state index contributed by atoms with van der Waals surface area (Å²) in [5.74, 6) is 0. The molecular formula is C10H18N4O2S2. The first-order valence-electron chi connectivity index (χ1n) is 5.49. The highest BCUT2D eigenvalue weighted by Gasteiger charge is 2.31. The normalized spacial score (nSPS) is 12.3. The van der Waals surface area contributed by atoms with E-state index in [1.54, 1.807) is 27.7 Å². The summed E-state index contributed by atoms with van der Waals surface area (Å²) in [7, 11) is -3.64. The Balaban J connectivity index is 3.30. The predicted molar refractivity (Wildman–Crippen MR) is 73.9 cm³/mol. The Morgan fingerprint density at radius 3 is 2.39 bits per heavy atom. The standard InChI is InChI=1S/C10H18N4O2S2/c1-6(2)14(5-9(11)17)18(15,16)10-7(3)12-13-8(10)4/h6H,5H2,1-4H3,(H2,11,17)(H,12,13). The Kier molecular flexibility index (Phi) is 4.46. The number of sulfonamides is 1. The van der Waals surface area contributed by atoms with Crippen LogP contribution < -0.4 is 5.73 Å². The third-order valence-corrected chi connectivity index (χ3v) is 4.93. The van der Waals surface area contributed by atoms with E-state index in [4.69, 9.17) is 18.0 Å². The summed E-state index contributed by atoms with van der Waals surface area (Å²) in [6.45, 7) is 6.91. The van der Waals surface area contributed by atoms with Gasteiger partial charge < -0.3 is 5.73 Å². The highest BCUT2D eigenvalue weighted by Crippen LogP contribution is 2.23. The molecule has 0 fully saturated rings. The second-order valence-electron chi connectivity index (χ2n) is 4.37. The number of nitrogens with one attached hydrogen (secondary N) is 1. The summed E-state index contributed by atoms with van der Waals surface area (Å²) < 4.78 is 26.4. The van der Waals surface area contributed by atoms with E-state index >= 15 is 0 Å². The lowest BCUT2D eigenvalue weighted by molar-refractivity contribution is 0.390. The fraction of sp³-hybridized carbons (Fsp3) is 0.600. The summed E-state index contributed by atoms with van der Waals surface area (Å²) in [5.41, 5.74) is 6.42. The lowest BCUT2D eigenvalue weighted by atomic mass is 10.4. The Morgan fingerprint density at radius 1 is 1.50 bits per heavy atom. The van der Waals surface area contributed by atoms with Gasteiger partial charge in [0.1, 0.15) is 4.90 Å². The number of aromatic nitrogens is 2. The van der Waals surface area contributed by atoms with Crippen LogP contribution in [-0.2, 0) is 10.0 Å². The first kappa shape index (κ1) is 15.1. The minimum atomic E-state index is -3.64. The van der Waals surface area contributed by atoms with Crippen LogP contribution in [0, 0.1) is 13.8 Å². The fourth-order valence-corrected chi connectivity index (χ4v) is 3.91. The van der Waals surface area contributed by atoms with Crippen molar-refractivity contribution < 1.29 is 8.42 Å². The average Bonchev–Trinajstić information content (AvgIpc) is 2.54. The first-order chi connectivity index (χ1) is 8.17. The van der Waals surface area contributed by atoms with Gasteiger partial charge in [-0.05, 0) is 27.7 Å². The quantitative estimate of drug-likeness (QED) is 0.779. The van der Waals surface area contributed by atoms with Gasteiger partial charge in [0, 0.05) is 6.04 Å². The van der Waals surface area contributed by atoms with Gasteiger partial charge in [-0.2, -0.15) is 9.40 Å². The number of hydrogen-bond donors (Lipinski definition) is 2. The van der Waals surface area contributed by atoms with Gasteiger partial charge in [-0.3, -0.25) is 5.10 Å². The summed E-state index contributed by atoms with van der Waals surface area (Å²) in [4.78, 5) is 0.346. The lowest BCUT2D eigenvalue weighted by Crippen LogP contribution is -2.42. The number of H-pyrrole nitrogens is 1. The van der Waals surface area contributed by atoms with Gasteiger partial charge in [0.2, 0.25) is 10.0 Å². The zero-order chi connectivity index (χ0) is 14.1. The maximum Gasteiger partial charge on any atom is 0.247 e. The largest absolute Gasteiger partial charge is 0.392 e. The van der Waals surface area contributed by atoms with Gasteiger partial charge in [0.05, 0.1) is 22.9 Å². The molecule has 0 saturated heterocycles. The molecule has 0 unspecified atom stereocenters. The van der Waals surface area contributed by atoms with Crippen LogP contribution in [0.4, 0.5) is 0 Å². The molecule has 0 aromatic carbocycles. The van der Waals surface area contributed by atoms with Crippen molar-refractivity contribution in [1.82, 2.24) is 14.5 Å². The minimum Gasteiger partial charge on any atom is -0.392 e. The molecule has 102 valence electrons. The highest BCUT2D eigenvalue weighted by atomic mass is 32.2. The third kappa shape index (κ3) is 2.88. The summed E-state index contributed by atoms with van der Waals surface area (Å²) in [6, 6.07) is -0.231. The Morgan fingerprint density at radius 2 is 2.06 bits per heavy atom. The molecule has 0 bridgehead atoms. The Bertz CT molecular complexity index is 529. The number of thiocarbonyl (C=S) groups is 1. The van der Waals surface area contributed by atoms with Crippen LogP contribution in [0.3, 0.4) is 0 Å². The zero-order valence-corrected chi connectivity index (χ0v) is 12.5. The first-order valence-corrected chi connectivity index (χ1v) is 7.34. The zero-order valence-electron chi connectivity index (χ0n) is 10.9. The second-order valence-corrected chi connectivity index (χ2v) is 6.73. The summed E-state index contributed by atoms with van der Waals surface area (Å²) in [5, 5.41) is 6.58. The molecule has 18 heavy (non-hydrogen) atoms. The number of aryl methyl sites for hydroxylation is 2. The fourth-order valence-electron chi connectivity index (χ4n) is 1.74. The van der Waals surface area contributed by atoms with Crippen LogP contribution >= 0.6 is 12.2 Å². The molecule has 0 aliphatic carbocycles. The monoisotopic (exact) mass is 290 g/mol. The van der Waals surface area contributed by atoms with Crippen LogP contribution in [0.1, 0.15) is 25.2 Å². The van der Waals surface area contributed by atoms with Gasteiger partial charge >= 0.3 is 0 Å². The van der Waals surface area contributed by atoms with E-state index in [9.17, 15) is 8.42 Å². The SMILES string of the molecule is Cc1n[nH]c(C)c1S(=O)(=O)N(CC(N)=S)C(C)C. The molecule has 0 atom stereocenters. The smallest absolute Gasteiger partial charge is 0.247 e. The number of rotatable bonds is 5. The van der Waals surface area contributed by atoms with Crippen molar-refractivity contribution in [2.75, 3.05) is 6.54 Å². The molecule has 3 N–H and O–H groups in total. The molecule has 8 heteroatoms. The van der Waals surface area contributed by atoms with E-state index in [2.05, 4.69) is 10.2 Å². The Labute approximate surface area is 113 Å². The molecular weight excluding hydrogens is 272 g/mol. The van der Waals surface area contributed by atoms with E-state index in [-0.39, 0.29) is 22.5 Å². The van der Waals surface area contributed by atoms with Crippen molar-refractivity contribution in [2.24, 2.45) is 5.73 Å². The van der Waals surface area contributed by atoms with Crippen molar-refractivity contribution in [3.05, 3.63) is 11.4 Å². The van der Waals surface area contributed by atoms with Crippen molar-refractivity contribution in [1.29, 1.82) is 0 Å². The topological polar surface area (TPSA) is 92.1 Å². The molecule has 1 aromatic heterocycles. The van der Waals surface area contributed by atoms with Crippen LogP contribution in [0.15, 0.2) is 4.90 Å². The van der Waals surface area contributed by atoms with Crippen LogP contribution in [0.25, 0.3) is 0 Å². The van der Waals surface area contributed by atoms with Gasteiger partial charge in [-0.15, -0.1) is 0 Å². The molecule has 6 nitrogen and oxygen atoms in total. The van der Waals surface area contributed by atoms with E-state index < -0.39 is 10.0 Å². The molecule has 0 radical (unpaired) electrons. The van der Waals surface area contributed by atoms with Crippen LogP contribution in [0.5, 0.6) is 0 Å². The minimum absolute atomic E-state index is 0.0272. The number of aromatic amines is 1. The number of nitrogens with zero attached hydrogens (tertiary/aromatic N) is 2. The van der Waals surface area contributed by atoms with E-state index in [1.165, 1.54) is 4.31 Å². The maximum absolute atomic E-state index is 12.6. The van der Waals surface area contributed by atoms with Crippen molar-refractivity contribution in [2.45, 2.75) is 38.6 Å². The summed E-state index contributed by atoms with van der Waals surface area (Å²) in [6.07, 6.45) is 0. The highest BCUT2D eigenvalue weighted by molar-refractivity contribution is 7.89. The van der Waals surface area contributed by atoms with Gasteiger partial charge in [-0.1, -0.05) is 12.2 Å². The van der Waals surface area contributed by atoms with Crippen molar-refractivity contribution in [3.8, 4) is 0 Å². The molecule has 1 heterocycles. The Hall–Kier alpha value is -0.990. The average molecular weight is 290 g/mol. The summed E-state index contributed by atoms with van der Waals surface area (Å²) >= 11 is 4.80. The van der Waals surface area contributed by atoms with E-state index in [0.29, 0.717) is 11.4 Å². The second kappa shape index (κ2) is 5.33. The maximum atomic E-state index is 12.6. The molecule has 0 amide bonds. The molecule has 0 spiro atoms. The van der Waals surface area contributed by atoms with Crippen LogP contribution in [0.2, 0.25) is 0 Å².